The summed E-state index contributed by atoms with van der Waals surface area (Å²) in [6, 6.07) is 5.18. The summed E-state index contributed by atoms with van der Waals surface area (Å²) in [6.45, 7) is 0.849. The summed E-state index contributed by atoms with van der Waals surface area (Å²) >= 11 is 0. The van der Waals surface area contributed by atoms with Crippen molar-refractivity contribution in [2.24, 2.45) is 0 Å². The van der Waals surface area contributed by atoms with Crippen molar-refractivity contribution in [1.29, 1.82) is 0 Å². The van der Waals surface area contributed by atoms with Crippen LogP contribution in [0.15, 0.2) is 24.3 Å². The normalized spacial score (nSPS) is 19.9. The molecule has 2 rings (SSSR count). The lowest BCUT2D eigenvalue weighted by Crippen LogP contribution is -2.30. The third-order valence-electron chi connectivity index (χ3n) is 2.83. The quantitative estimate of drug-likeness (QED) is 0.866. The van der Waals surface area contributed by atoms with Gasteiger partial charge in [0, 0.05) is 25.6 Å². The van der Waals surface area contributed by atoms with Crippen molar-refractivity contribution in [2.45, 2.75) is 25.2 Å². The molecule has 3 nitrogen and oxygen atoms in total. The van der Waals surface area contributed by atoms with Crippen LogP contribution < -0.4 is 10.6 Å². The lowest BCUT2D eigenvalue weighted by Gasteiger charge is -2.12. The van der Waals surface area contributed by atoms with Crippen molar-refractivity contribution in [2.75, 3.05) is 6.54 Å². The van der Waals surface area contributed by atoms with Gasteiger partial charge in [-0.15, -0.1) is 0 Å². The molecule has 6 heteroatoms. The van der Waals surface area contributed by atoms with Gasteiger partial charge in [-0.3, -0.25) is 4.79 Å². The summed E-state index contributed by atoms with van der Waals surface area (Å²) in [5, 5.41) is 5.72. The first kappa shape index (κ1) is 12.9. The van der Waals surface area contributed by atoms with E-state index >= 15 is 0 Å². The Hall–Kier alpha value is -1.56. The summed E-state index contributed by atoms with van der Waals surface area (Å²) in [7, 11) is 0. The van der Waals surface area contributed by atoms with Gasteiger partial charge in [0.25, 0.3) is 0 Å². The van der Waals surface area contributed by atoms with Crippen LogP contribution in [-0.2, 0) is 17.5 Å². The Morgan fingerprint density at radius 1 is 1.39 bits per heavy atom. The van der Waals surface area contributed by atoms with Crippen LogP contribution in [-0.4, -0.2) is 18.5 Å². The maximum atomic E-state index is 12.5. The first-order chi connectivity index (χ1) is 8.45. The molecule has 1 aromatic carbocycles. The highest BCUT2D eigenvalue weighted by Gasteiger charge is 2.30. The van der Waals surface area contributed by atoms with E-state index in [1.807, 2.05) is 0 Å². The van der Waals surface area contributed by atoms with Crippen molar-refractivity contribution in [3.8, 4) is 0 Å². The van der Waals surface area contributed by atoms with Crippen LogP contribution in [0, 0.1) is 0 Å². The Balaban J connectivity index is 1.95. The van der Waals surface area contributed by atoms with Gasteiger partial charge in [0.1, 0.15) is 0 Å². The minimum atomic E-state index is -4.32. The molecule has 0 bridgehead atoms. The van der Waals surface area contributed by atoms with Gasteiger partial charge in [0.15, 0.2) is 0 Å². The number of nitrogens with one attached hydrogen (secondary N) is 2. The van der Waals surface area contributed by atoms with Gasteiger partial charge in [0.2, 0.25) is 5.91 Å². The van der Waals surface area contributed by atoms with Gasteiger partial charge in [-0.25, -0.2) is 0 Å². The average molecular weight is 258 g/mol. The molecular weight excluding hydrogens is 245 g/mol. The first-order valence-electron chi connectivity index (χ1n) is 5.61. The number of halogens is 3. The zero-order valence-electron chi connectivity index (χ0n) is 9.55. The molecular formula is C12H13F3N2O. The first-order valence-corrected chi connectivity index (χ1v) is 5.61. The van der Waals surface area contributed by atoms with E-state index in [2.05, 4.69) is 10.6 Å². The molecule has 0 spiro atoms. The van der Waals surface area contributed by atoms with Crippen molar-refractivity contribution in [1.82, 2.24) is 10.6 Å². The summed E-state index contributed by atoms with van der Waals surface area (Å²) in [5.74, 6) is -0.0310. The molecule has 1 saturated heterocycles. The van der Waals surface area contributed by atoms with E-state index in [9.17, 15) is 18.0 Å². The zero-order valence-corrected chi connectivity index (χ0v) is 9.55. The van der Waals surface area contributed by atoms with Gasteiger partial charge in [-0.2, -0.15) is 13.2 Å². The zero-order chi connectivity index (χ0) is 13.2. The van der Waals surface area contributed by atoms with Crippen LogP contribution in [0.25, 0.3) is 0 Å². The van der Waals surface area contributed by atoms with E-state index in [0.717, 1.165) is 12.1 Å². The number of hydrogen-bond donors (Lipinski definition) is 2. The van der Waals surface area contributed by atoms with Crippen molar-refractivity contribution >= 4 is 5.91 Å². The Kier molecular flexibility index (Phi) is 3.56. The second-order valence-electron chi connectivity index (χ2n) is 4.28. The predicted molar refractivity (Wildman–Crippen MR) is 59.7 cm³/mol. The Morgan fingerprint density at radius 3 is 2.78 bits per heavy atom. The number of hydrogen-bond acceptors (Lipinski definition) is 2. The number of rotatable bonds is 3. The topological polar surface area (TPSA) is 41.1 Å². The molecule has 1 aliphatic heterocycles. The van der Waals surface area contributed by atoms with Gasteiger partial charge < -0.3 is 10.6 Å². The molecule has 98 valence electrons. The smallest absolute Gasteiger partial charge is 0.354 e. The summed E-state index contributed by atoms with van der Waals surface area (Å²) in [5.41, 5.74) is -0.0911. The SMILES string of the molecule is O=C1CC(NCc2cccc(C(F)(F)F)c2)CN1. The summed E-state index contributed by atoms with van der Waals surface area (Å²) < 4.78 is 37.5. The fourth-order valence-electron chi connectivity index (χ4n) is 1.87. The molecule has 1 fully saturated rings. The number of carbonyl (C=O) groups is 1. The van der Waals surface area contributed by atoms with Crippen molar-refractivity contribution in [3.63, 3.8) is 0 Å². The third-order valence-corrected chi connectivity index (χ3v) is 2.83. The van der Waals surface area contributed by atoms with Crippen molar-refractivity contribution in [3.05, 3.63) is 35.4 Å². The van der Waals surface area contributed by atoms with E-state index in [-0.39, 0.29) is 11.9 Å². The fourth-order valence-corrected chi connectivity index (χ4v) is 1.87. The number of alkyl halides is 3. The molecule has 0 aliphatic carbocycles. The molecule has 1 unspecified atom stereocenters. The van der Waals surface area contributed by atoms with E-state index in [1.165, 1.54) is 6.07 Å². The molecule has 1 atom stereocenters. The lowest BCUT2D eigenvalue weighted by atomic mass is 10.1. The minimum Gasteiger partial charge on any atom is -0.354 e. The van der Waals surface area contributed by atoms with Crippen LogP contribution in [0.2, 0.25) is 0 Å². The maximum absolute atomic E-state index is 12.5. The lowest BCUT2D eigenvalue weighted by molar-refractivity contribution is -0.137. The van der Waals surface area contributed by atoms with E-state index in [0.29, 0.717) is 25.1 Å². The van der Waals surface area contributed by atoms with Gasteiger partial charge >= 0.3 is 6.18 Å². The second kappa shape index (κ2) is 4.97. The van der Waals surface area contributed by atoms with E-state index in [4.69, 9.17) is 0 Å². The third kappa shape index (κ3) is 3.22. The van der Waals surface area contributed by atoms with Gasteiger partial charge in [-0.05, 0) is 11.6 Å². The number of amides is 1. The average Bonchev–Trinajstić information content (AvgIpc) is 2.72. The van der Waals surface area contributed by atoms with Crippen LogP contribution in [0.4, 0.5) is 13.2 Å². The Labute approximate surface area is 102 Å². The van der Waals surface area contributed by atoms with E-state index < -0.39 is 11.7 Å². The maximum Gasteiger partial charge on any atom is 0.416 e. The Morgan fingerprint density at radius 2 is 2.17 bits per heavy atom. The summed E-state index contributed by atoms with van der Waals surface area (Å²) in [6.07, 6.45) is -3.94. The molecule has 1 amide bonds. The minimum absolute atomic E-state index is 0.00737. The molecule has 18 heavy (non-hydrogen) atoms. The predicted octanol–water partition coefficient (Wildman–Crippen LogP) is 1.68. The van der Waals surface area contributed by atoms with Crippen LogP contribution in [0.3, 0.4) is 0 Å². The number of carbonyl (C=O) groups excluding carboxylic acids is 1. The molecule has 0 radical (unpaired) electrons. The molecule has 1 aliphatic rings. The van der Waals surface area contributed by atoms with Crippen molar-refractivity contribution < 1.29 is 18.0 Å². The molecule has 1 heterocycles. The van der Waals surface area contributed by atoms with Crippen LogP contribution in [0.1, 0.15) is 17.5 Å². The molecule has 1 aromatic rings. The standard InChI is InChI=1S/C12H13F3N2O/c13-12(14,15)9-3-1-2-8(4-9)6-16-10-5-11(18)17-7-10/h1-4,10,16H,5-7H2,(H,17,18). The highest BCUT2D eigenvalue weighted by atomic mass is 19.4. The molecule has 0 aromatic heterocycles. The van der Waals surface area contributed by atoms with Gasteiger partial charge in [0.05, 0.1) is 5.56 Å². The highest BCUT2D eigenvalue weighted by molar-refractivity contribution is 5.78. The second-order valence-corrected chi connectivity index (χ2v) is 4.28. The Bertz CT molecular complexity index is 445. The molecule has 0 saturated carbocycles. The fraction of sp³-hybridized carbons (Fsp3) is 0.417. The molecule has 2 N–H and O–H groups in total. The summed E-state index contributed by atoms with van der Waals surface area (Å²) in [4.78, 5) is 11.0. The van der Waals surface area contributed by atoms with Gasteiger partial charge in [-0.1, -0.05) is 18.2 Å². The van der Waals surface area contributed by atoms with Crippen LogP contribution in [0.5, 0.6) is 0 Å². The van der Waals surface area contributed by atoms with Crippen LogP contribution >= 0.6 is 0 Å². The number of benzene rings is 1. The van der Waals surface area contributed by atoms with E-state index in [1.54, 1.807) is 6.07 Å². The highest BCUT2D eigenvalue weighted by Crippen LogP contribution is 2.29. The monoisotopic (exact) mass is 258 g/mol. The largest absolute Gasteiger partial charge is 0.416 e.